The zero-order valence-electron chi connectivity index (χ0n) is 9.56. The molecule has 3 aromatic rings. The van der Waals surface area contributed by atoms with E-state index >= 15 is 0 Å². The van der Waals surface area contributed by atoms with Gasteiger partial charge in [-0.3, -0.25) is 0 Å². The van der Waals surface area contributed by atoms with Gasteiger partial charge in [-0.05, 0) is 23.6 Å². The van der Waals surface area contributed by atoms with Crippen molar-refractivity contribution in [2.24, 2.45) is 0 Å². The van der Waals surface area contributed by atoms with E-state index in [0.29, 0.717) is 5.56 Å². The predicted octanol–water partition coefficient (Wildman–Crippen LogP) is 3.93. The van der Waals surface area contributed by atoms with E-state index < -0.39 is 11.6 Å². The summed E-state index contributed by atoms with van der Waals surface area (Å²) in [5.41, 5.74) is 6.58. The molecule has 0 saturated carbocycles. The molecule has 0 aliphatic rings. The number of aromatic nitrogens is 1. The summed E-state index contributed by atoms with van der Waals surface area (Å²) in [6.07, 6.45) is 0. The van der Waals surface area contributed by atoms with E-state index in [2.05, 4.69) is 5.16 Å². The number of anilines is 1. The highest BCUT2D eigenvalue weighted by molar-refractivity contribution is 7.13. The Morgan fingerprint density at radius 2 is 1.89 bits per heavy atom. The van der Waals surface area contributed by atoms with E-state index in [1.807, 2.05) is 17.5 Å². The van der Waals surface area contributed by atoms with Crippen molar-refractivity contribution in [3.63, 3.8) is 0 Å². The quantitative estimate of drug-likeness (QED) is 0.772. The van der Waals surface area contributed by atoms with Gasteiger partial charge in [0.25, 0.3) is 0 Å². The largest absolute Gasteiger partial charge is 0.380 e. The third kappa shape index (κ3) is 2.10. The first-order valence-electron chi connectivity index (χ1n) is 5.40. The van der Waals surface area contributed by atoms with Crippen molar-refractivity contribution in [2.75, 3.05) is 5.73 Å². The standard InChI is InChI=1S/C13H8F2N2OS/c14-8-4-7(5-9(15)6-8)12-11(13(16)17-18-12)10-2-1-3-19-10/h1-6H,(H2,16,17). The average Bonchev–Trinajstić information content (AvgIpc) is 2.96. The van der Waals surface area contributed by atoms with Crippen LogP contribution in [-0.4, -0.2) is 5.16 Å². The average molecular weight is 278 g/mol. The van der Waals surface area contributed by atoms with E-state index in [-0.39, 0.29) is 17.1 Å². The molecule has 0 aliphatic carbocycles. The van der Waals surface area contributed by atoms with Gasteiger partial charge in [0.05, 0.1) is 5.56 Å². The topological polar surface area (TPSA) is 52.0 Å². The van der Waals surface area contributed by atoms with Crippen molar-refractivity contribution < 1.29 is 13.3 Å². The van der Waals surface area contributed by atoms with Crippen LogP contribution in [0, 0.1) is 11.6 Å². The molecule has 1 aromatic carbocycles. The first-order valence-corrected chi connectivity index (χ1v) is 6.28. The number of thiophene rings is 1. The summed E-state index contributed by atoms with van der Waals surface area (Å²) in [7, 11) is 0. The lowest BCUT2D eigenvalue weighted by Gasteiger charge is -2.01. The molecule has 2 N–H and O–H groups in total. The van der Waals surface area contributed by atoms with Gasteiger partial charge in [-0.25, -0.2) is 8.78 Å². The highest BCUT2D eigenvalue weighted by Gasteiger charge is 2.19. The van der Waals surface area contributed by atoms with E-state index in [1.165, 1.54) is 23.5 Å². The number of hydrogen-bond acceptors (Lipinski definition) is 4. The zero-order chi connectivity index (χ0) is 13.4. The first-order chi connectivity index (χ1) is 9.15. The molecule has 19 heavy (non-hydrogen) atoms. The Balaban J connectivity index is 2.21. The van der Waals surface area contributed by atoms with Crippen LogP contribution in [0.25, 0.3) is 21.8 Å². The molecular weight excluding hydrogens is 270 g/mol. The van der Waals surface area contributed by atoms with Crippen LogP contribution >= 0.6 is 11.3 Å². The predicted molar refractivity (Wildman–Crippen MR) is 69.6 cm³/mol. The van der Waals surface area contributed by atoms with E-state index in [0.717, 1.165) is 10.9 Å². The van der Waals surface area contributed by atoms with Gasteiger partial charge in [0.15, 0.2) is 11.6 Å². The number of halogens is 2. The van der Waals surface area contributed by atoms with Crippen LogP contribution < -0.4 is 5.73 Å². The second-order valence-corrected chi connectivity index (χ2v) is 4.86. The van der Waals surface area contributed by atoms with Gasteiger partial charge in [-0.2, -0.15) is 0 Å². The molecule has 3 nitrogen and oxygen atoms in total. The lowest BCUT2D eigenvalue weighted by atomic mass is 10.1. The first kappa shape index (κ1) is 11.9. The fourth-order valence-electron chi connectivity index (χ4n) is 1.84. The third-order valence-corrected chi connectivity index (χ3v) is 3.50. The molecule has 0 radical (unpaired) electrons. The normalized spacial score (nSPS) is 10.8. The number of hydrogen-bond donors (Lipinski definition) is 1. The molecule has 0 spiro atoms. The van der Waals surface area contributed by atoms with Gasteiger partial charge in [0.2, 0.25) is 0 Å². The van der Waals surface area contributed by atoms with Crippen LogP contribution in [0.5, 0.6) is 0 Å². The summed E-state index contributed by atoms with van der Waals surface area (Å²) < 4.78 is 31.6. The molecule has 0 saturated heterocycles. The van der Waals surface area contributed by atoms with E-state index in [4.69, 9.17) is 10.3 Å². The number of nitrogens with zero attached hydrogens (tertiary/aromatic N) is 1. The SMILES string of the molecule is Nc1noc(-c2cc(F)cc(F)c2)c1-c1cccs1. The molecule has 2 heterocycles. The van der Waals surface area contributed by atoms with Crippen molar-refractivity contribution in [3.8, 4) is 21.8 Å². The molecule has 0 atom stereocenters. The number of rotatable bonds is 2. The molecular formula is C13H8F2N2OS. The van der Waals surface area contributed by atoms with E-state index in [1.54, 1.807) is 0 Å². The van der Waals surface area contributed by atoms with Gasteiger partial charge in [0.1, 0.15) is 11.6 Å². The van der Waals surface area contributed by atoms with Gasteiger partial charge in [-0.1, -0.05) is 11.2 Å². The Labute approximate surface area is 111 Å². The smallest absolute Gasteiger partial charge is 0.177 e. The Morgan fingerprint density at radius 1 is 1.16 bits per heavy atom. The van der Waals surface area contributed by atoms with Crippen molar-refractivity contribution in [1.29, 1.82) is 0 Å². The highest BCUT2D eigenvalue weighted by atomic mass is 32.1. The molecule has 6 heteroatoms. The van der Waals surface area contributed by atoms with Crippen LogP contribution in [0.15, 0.2) is 40.2 Å². The number of benzene rings is 1. The number of nitrogens with two attached hydrogens (primary N) is 1. The summed E-state index contributed by atoms with van der Waals surface area (Å²) in [4.78, 5) is 0.832. The molecule has 0 aliphatic heterocycles. The lowest BCUT2D eigenvalue weighted by molar-refractivity contribution is 0.435. The molecule has 3 rings (SSSR count). The molecule has 2 aromatic heterocycles. The summed E-state index contributed by atoms with van der Waals surface area (Å²) >= 11 is 1.44. The fourth-order valence-corrected chi connectivity index (χ4v) is 2.62. The Hall–Kier alpha value is -2.21. The Kier molecular flexibility index (Phi) is 2.79. The second-order valence-electron chi connectivity index (χ2n) is 3.91. The molecule has 0 fully saturated rings. The Morgan fingerprint density at radius 3 is 2.53 bits per heavy atom. The number of nitrogen functional groups attached to an aromatic ring is 1. The molecule has 0 bridgehead atoms. The van der Waals surface area contributed by atoms with Gasteiger partial charge >= 0.3 is 0 Å². The summed E-state index contributed by atoms with van der Waals surface area (Å²) in [5.74, 6) is -0.898. The van der Waals surface area contributed by atoms with Crippen LogP contribution in [0.2, 0.25) is 0 Å². The molecule has 0 amide bonds. The minimum Gasteiger partial charge on any atom is -0.380 e. The van der Waals surface area contributed by atoms with Gasteiger partial charge < -0.3 is 10.3 Å². The van der Waals surface area contributed by atoms with E-state index in [9.17, 15) is 8.78 Å². The summed E-state index contributed by atoms with van der Waals surface area (Å²) in [5, 5.41) is 5.55. The monoisotopic (exact) mass is 278 g/mol. The molecule has 96 valence electrons. The summed E-state index contributed by atoms with van der Waals surface area (Å²) in [6, 6.07) is 6.85. The van der Waals surface area contributed by atoms with Crippen LogP contribution in [0.4, 0.5) is 14.6 Å². The van der Waals surface area contributed by atoms with Crippen molar-refractivity contribution in [2.45, 2.75) is 0 Å². The second kappa shape index (κ2) is 4.47. The maximum absolute atomic E-state index is 13.3. The van der Waals surface area contributed by atoms with Crippen LogP contribution in [0.1, 0.15) is 0 Å². The zero-order valence-corrected chi connectivity index (χ0v) is 10.4. The maximum Gasteiger partial charge on any atom is 0.177 e. The van der Waals surface area contributed by atoms with Gasteiger partial charge in [-0.15, -0.1) is 11.3 Å². The minimum absolute atomic E-state index is 0.196. The Bertz CT molecular complexity index is 702. The van der Waals surface area contributed by atoms with Crippen molar-refractivity contribution >= 4 is 17.2 Å². The maximum atomic E-state index is 13.3. The summed E-state index contributed by atoms with van der Waals surface area (Å²) in [6.45, 7) is 0. The lowest BCUT2D eigenvalue weighted by Crippen LogP contribution is -1.88. The fraction of sp³-hybridized carbons (Fsp3) is 0. The highest BCUT2D eigenvalue weighted by Crippen LogP contribution is 2.39. The van der Waals surface area contributed by atoms with Crippen LogP contribution in [-0.2, 0) is 0 Å². The minimum atomic E-state index is -0.679. The van der Waals surface area contributed by atoms with Gasteiger partial charge in [0, 0.05) is 16.5 Å². The molecule has 0 unspecified atom stereocenters. The van der Waals surface area contributed by atoms with Crippen molar-refractivity contribution in [3.05, 3.63) is 47.3 Å². The third-order valence-electron chi connectivity index (χ3n) is 2.61. The van der Waals surface area contributed by atoms with Crippen LogP contribution in [0.3, 0.4) is 0 Å². The van der Waals surface area contributed by atoms with Crippen molar-refractivity contribution in [1.82, 2.24) is 5.16 Å².